The molecule has 3 rings (SSSR count). The van der Waals surface area contributed by atoms with Crippen LogP contribution in [-0.2, 0) is 4.74 Å². The number of morpholine rings is 1. The van der Waals surface area contributed by atoms with Crippen LogP contribution in [0.5, 0.6) is 11.5 Å². The molecule has 0 aliphatic carbocycles. The summed E-state index contributed by atoms with van der Waals surface area (Å²) in [5, 5.41) is 2.91. The molecule has 1 aromatic carbocycles. The van der Waals surface area contributed by atoms with Crippen LogP contribution < -0.4 is 10.1 Å². The van der Waals surface area contributed by atoms with Crippen LogP contribution >= 0.6 is 0 Å². The van der Waals surface area contributed by atoms with E-state index < -0.39 is 0 Å². The predicted molar refractivity (Wildman–Crippen MR) is 91.4 cm³/mol. The Morgan fingerprint density at radius 2 is 1.67 bits per heavy atom. The van der Waals surface area contributed by atoms with Crippen LogP contribution in [0.25, 0.3) is 0 Å². The maximum absolute atomic E-state index is 12.4. The Hall–Kier alpha value is -2.60. The topological polar surface area (TPSA) is 63.7 Å². The third kappa shape index (κ3) is 4.23. The normalized spacial score (nSPS) is 20.5. The standard InChI is InChI=1S/C18H21N3O3/c1-13-11-21(12-14(2)23-13)18(22)20-15-3-5-16(6-4-15)24-17-7-9-19-10-8-17/h3-10,13-14H,11-12H2,1-2H3,(H,20,22)/t13-,14-/m0/s1. The molecule has 1 aliphatic heterocycles. The minimum absolute atomic E-state index is 0.0515. The van der Waals surface area contributed by atoms with E-state index in [4.69, 9.17) is 9.47 Å². The summed E-state index contributed by atoms with van der Waals surface area (Å²) in [6, 6.07) is 10.7. The maximum atomic E-state index is 12.4. The van der Waals surface area contributed by atoms with Gasteiger partial charge in [-0.3, -0.25) is 4.98 Å². The number of nitrogens with one attached hydrogen (secondary N) is 1. The van der Waals surface area contributed by atoms with Gasteiger partial charge in [0.1, 0.15) is 11.5 Å². The van der Waals surface area contributed by atoms with Gasteiger partial charge in [0, 0.05) is 31.2 Å². The van der Waals surface area contributed by atoms with Gasteiger partial charge in [0.05, 0.1) is 12.2 Å². The van der Waals surface area contributed by atoms with Crippen molar-refractivity contribution in [3.05, 3.63) is 48.8 Å². The second kappa shape index (κ2) is 7.31. The van der Waals surface area contributed by atoms with Gasteiger partial charge in [-0.1, -0.05) is 0 Å². The Kier molecular flexibility index (Phi) is 4.96. The Labute approximate surface area is 141 Å². The van der Waals surface area contributed by atoms with Crippen LogP contribution in [0.15, 0.2) is 48.8 Å². The second-order valence-corrected chi connectivity index (χ2v) is 5.90. The molecule has 0 spiro atoms. The molecular weight excluding hydrogens is 306 g/mol. The molecule has 2 atom stereocenters. The number of urea groups is 1. The number of carbonyl (C=O) groups is 1. The molecule has 126 valence electrons. The highest BCUT2D eigenvalue weighted by Crippen LogP contribution is 2.22. The Morgan fingerprint density at radius 3 is 2.29 bits per heavy atom. The molecule has 1 aliphatic rings. The third-order valence-corrected chi connectivity index (χ3v) is 3.70. The smallest absolute Gasteiger partial charge is 0.322 e. The highest BCUT2D eigenvalue weighted by atomic mass is 16.5. The molecule has 1 aromatic heterocycles. The summed E-state index contributed by atoms with van der Waals surface area (Å²) >= 11 is 0. The molecule has 2 amide bonds. The van der Waals surface area contributed by atoms with E-state index in [-0.39, 0.29) is 18.2 Å². The fourth-order valence-electron chi connectivity index (χ4n) is 2.69. The lowest BCUT2D eigenvalue weighted by atomic mass is 10.2. The minimum Gasteiger partial charge on any atom is -0.457 e. The molecule has 2 heterocycles. The van der Waals surface area contributed by atoms with E-state index in [0.29, 0.717) is 18.8 Å². The van der Waals surface area contributed by atoms with Gasteiger partial charge < -0.3 is 19.7 Å². The van der Waals surface area contributed by atoms with Crippen molar-refractivity contribution >= 4 is 11.7 Å². The number of rotatable bonds is 3. The van der Waals surface area contributed by atoms with Crippen LogP contribution in [0.4, 0.5) is 10.5 Å². The molecule has 1 N–H and O–H groups in total. The first-order chi connectivity index (χ1) is 11.6. The number of hydrogen-bond acceptors (Lipinski definition) is 4. The van der Waals surface area contributed by atoms with Crippen molar-refractivity contribution in [3.8, 4) is 11.5 Å². The quantitative estimate of drug-likeness (QED) is 0.937. The number of amides is 2. The van der Waals surface area contributed by atoms with E-state index >= 15 is 0 Å². The maximum Gasteiger partial charge on any atom is 0.322 e. The molecule has 24 heavy (non-hydrogen) atoms. The number of pyridine rings is 1. The van der Waals surface area contributed by atoms with E-state index in [1.165, 1.54) is 0 Å². The number of aromatic nitrogens is 1. The van der Waals surface area contributed by atoms with E-state index in [0.717, 1.165) is 11.4 Å². The Balaban J connectivity index is 1.58. The lowest BCUT2D eigenvalue weighted by Crippen LogP contribution is -2.49. The Morgan fingerprint density at radius 1 is 1.08 bits per heavy atom. The van der Waals surface area contributed by atoms with E-state index in [2.05, 4.69) is 10.3 Å². The number of hydrogen-bond donors (Lipinski definition) is 1. The van der Waals surface area contributed by atoms with Crippen LogP contribution in [0.1, 0.15) is 13.8 Å². The average molecular weight is 327 g/mol. The highest BCUT2D eigenvalue weighted by molar-refractivity contribution is 5.89. The van der Waals surface area contributed by atoms with Crippen molar-refractivity contribution in [1.82, 2.24) is 9.88 Å². The number of nitrogens with zero attached hydrogens (tertiary/aromatic N) is 2. The number of carbonyl (C=O) groups excluding carboxylic acids is 1. The van der Waals surface area contributed by atoms with Crippen LogP contribution in [-0.4, -0.2) is 41.2 Å². The zero-order chi connectivity index (χ0) is 16.9. The zero-order valence-corrected chi connectivity index (χ0v) is 13.8. The lowest BCUT2D eigenvalue weighted by molar-refractivity contribution is -0.0530. The minimum atomic E-state index is -0.111. The van der Waals surface area contributed by atoms with E-state index in [1.54, 1.807) is 29.4 Å². The molecular formula is C18H21N3O3. The van der Waals surface area contributed by atoms with Crippen LogP contribution in [0, 0.1) is 0 Å². The molecule has 6 heteroatoms. The van der Waals surface area contributed by atoms with Gasteiger partial charge in [0.2, 0.25) is 0 Å². The summed E-state index contributed by atoms with van der Waals surface area (Å²) < 4.78 is 11.3. The second-order valence-electron chi connectivity index (χ2n) is 5.90. The summed E-state index contributed by atoms with van der Waals surface area (Å²) in [6.45, 7) is 5.14. The molecule has 6 nitrogen and oxygen atoms in total. The van der Waals surface area contributed by atoms with Gasteiger partial charge in [0.15, 0.2) is 0 Å². The van der Waals surface area contributed by atoms with E-state index in [9.17, 15) is 4.79 Å². The molecule has 2 aromatic rings. The van der Waals surface area contributed by atoms with Gasteiger partial charge in [-0.15, -0.1) is 0 Å². The van der Waals surface area contributed by atoms with Crippen LogP contribution in [0.2, 0.25) is 0 Å². The van der Waals surface area contributed by atoms with Crippen molar-refractivity contribution in [2.45, 2.75) is 26.1 Å². The van der Waals surface area contributed by atoms with Crippen molar-refractivity contribution in [2.75, 3.05) is 18.4 Å². The van der Waals surface area contributed by atoms with Gasteiger partial charge in [0.25, 0.3) is 0 Å². The summed E-state index contributed by atoms with van der Waals surface area (Å²) in [7, 11) is 0. The van der Waals surface area contributed by atoms with Gasteiger partial charge in [-0.05, 0) is 50.2 Å². The largest absolute Gasteiger partial charge is 0.457 e. The van der Waals surface area contributed by atoms with Crippen molar-refractivity contribution < 1.29 is 14.3 Å². The SMILES string of the molecule is C[C@H]1CN(C(=O)Nc2ccc(Oc3ccncc3)cc2)C[C@H](C)O1. The molecule has 1 saturated heterocycles. The fourth-order valence-corrected chi connectivity index (χ4v) is 2.69. The zero-order valence-electron chi connectivity index (χ0n) is 13.8. The molecule has 0 unspecified atom stereocenters. The summed E-state index contributed by atoms with van der Waals surface area (Å²) in [5.41, 5.74) is 0.730. The van der Waals surface area contributed by atoms with Crippen molar-refractivity contribution in [3.63, 3.8) is 0 Å². The highest BCUT2D eigenvalue weighted by Gasteiger charge is 2.25. The summed E-state index contributed by atoms with van der Waals surface area (Å²) in [4.78, 5) is 18.1. The van der Waals surface area contributed by atoms with Crippen LogP contribution in [0.3, 0.4) is 0 Å². The first-order valence-electron chi connectivity index (χ1n) is 7.99. The third-order valence-electron chi connectivity index (χ3n) is 3.70. The van der Waals surface area contributed by atoms with Gasteiger partial charge in [-0.25, -0.2) is 4.79 Å². The molecule has 0 radical (unpaired) electrons. The Bertz CT molecular complexity index is 666. The molecule has 0 bridgehead atoms. The summed E-state index contributed by atoms with van der Waals surface area (Å²) in [5.74, 6) is 1.42. The van der Waals surface area contributed by atoms with Gasteiger partial charge >= 0.3 is 6.03 Å². The predicted octanol–water partition coefficient (Wildman–Crippen LogP) is 3.52. The first kappa shape index (κ1) is 16.3. The average Bonchev–Trinajstić information content (AvgIpc) is 2.57. The lowest BCUT2D eigenvalue weighted by Gasteiger charge is -2.35. The fraction of sp³-hybridized carbons (Fsp3) is 0.333. The monoisotopic (exact) mass is 327 g/mol. The van der Waals surface area contributed by atoms with E-state index in [1.807, 2.05) is 38.1 Å². The molecule has 1 fully saturated rings. The summed E-state index contributed by atoms with van der Waals surface area (Å²) in [6.07, 6.45) is 3.45. The van der Waals surface area contributed by atoms with Gasteiger partial charge in [-0.2, -0.15) is 0 Å². The number of benzene rings is 1. The number of anilines is 1. The van der Waals surface area contributed by atoms with Crippen molar-refractivity contribution in [1.29, 1.82) is 0 Å². The number of ether oxygens (including phenoxy) is 2. The van der Waals surface area contributed by atoms with Crippen molar-refractivity contribution in [2.24, 2.45) is 0 Å². The molecule has 0 saturated carbocycles. The first-order valence-corrected chi connectivity index (χ1v) is 7.99.